The van der Waals surface area contributed by atoms with E-state index in [1.807, 2.05) is 18.2 Å². The molecule has 3 aromatic carbocycles. The van der Waals surface area contributed by atoms with Gasteiger partial charge < -0.3 is 15.4 Å². The highest BCUT2D eigenvalue weighted by Gasteiger charge is 2.09. The van der Waals surface area contributed by atoms with Crippen molar-refractivity contribution in [2.75, 3.05) is 17.2 Å². The van der Waals surface area contributed by atoms with Gasteiger partial charge in [-0.1, -0.05) is 41.4 Å². The van der Waals surface area contributed by atoms with E-state index in [1.165, 1.54) is 6.07 Å². The number of anilines is 2. The van der Waals surface area contributed by atoms with Gasteiger partial charge in [0.05, 0.1) is 5.02 Å². The van der Waals surface area contributed by atoms with Gasteiger partial charge in [-0.15, -0.1) is 0 Å². The van der Waals surface area contributed by atoms with Crippen LogP contribution in [0.2, 0.25) is 10.0 Å². The molecule has 142 valence electrons. The Bertz CT molecular complexity index is 977. The summed E-state index contributed by atoms with van der Waals surface area (Å²) in [5, 5.41) is 6.30. The minimum Gasteiger partial charge on any atom is -0.482 e. The second-order valence-corrected chi connectivity index (χ2v) is 6.65. The minimum absolute atomic E-state index is 0.211. The van der Waals surface area contributed by atoms with E-state index in [-0.39, 0.29) is 18.4 Å². The van der Waals surface area contributed by atoms with Crippen LogP contribution in [-0.2, 0) is 4.79 Å². The van der Waals surface area contributed by atoms with Crippen LogP contribution in [0.1, 0.15) is 10.4 Å². The number of nitrogens with one attached hydrogen (secondary N) is 2. The second kappa shape index (κ2) is 9.26. The Kier molecular flexibility index (Phi) is 6.53. The van der Waals surface area contributed by atoms with Crippen LogP contribution in [-0.4, -0.2) is 18.4 Å². The highest BCUT2D eigenvalue weighted by atomic mass is 35.5. The Morgan fingerprint density at radius 2 is 1.50 bits per heavy atom. The van der Waals surface area contributed by atoms with Gasteiger partial charge in [-0.05, 0) is 54.6 Å². The number of ether oxygens (including phenoxy) is 1. The van der Waals surface area contributed by atoms with Gasteiger partial charge in [-0.2, -0.15) is 0 Å². The first-order chi connectivity index (χ1) is 13.5. The van der Waals surface area contributed by atoms with E-state index < -0.39 is 0 Å². The van der Waals surface area contributed by atoms with E-state index >= 15 is 0 Å². The first-order valence-corrected chi connectivity index (χ1v) is 9.11. The van der Waals surface area contributed by atoms with Gasteiger partial charge in [0.1, 0.15) is 5.75 Å². The van der Waals surface area contributed by atoms with Crippen molar-refractivity contribution >= 4 is 46.4 Å². The van der Waals surface area contributed by atoms with Crippen molar-refractivity contribution in [2.45, 2.75) is 0 Å². The van der Waals surface area contributed by atoms with Crippen LogP contribution in [0.4, 0.5) is 11.4 Å². The second-order valence-electron chi connectivity index (χ2n) is 5.81. The third-order valence-corrected chi connectivity index (χ3v) is 4.25. The molecule has 0 saturated carbocycles. The number of hydrogen-bond donors (Lipinski definition) is 2. The van der Waals surface area contributed by atoms with Crippen LogP contribution in [0.3, 0.4) is 0 Å². The quantitative estimate of drug-likeness (QED) is 0.577. The summed E-state index contributed by atoms with van der Waals surface area (Å²) in [5.41, 5.74) is 1.74. The Morgan fingerprint density at radius 1 is 0.821 bits per heavy atom. The number of halogens is 2. The molecule has 7 heteroatoms. The lowest BCUT2D eigenvalue weighted by molar-refractivity contribution is -0.118. The Morgan fingerprint density at radius 3 is 2.18 bits per heavy atom. The van der Waals surface area contributed by atoms with Crippen molar-refractivity contribution in [1.82, 2.24) is 0 Å². The van der Waals surface area contributed by atoms with Gasteiger partial charge in [0.25, 0.3) is 11.8 Å². The van der Waals surface area contributed by atoms with E-state index in [2.05, 4.69) is 10.6 Å². The van der Waals surface area contributed by atoms with E-state index in [0.717, 1.165) is 0 Å². The SMILES string of the molecule is O=C(COc1ccc(Cl)cc1Cl)Nc1ccc(C(=O)Nc2ccccc2)cc1. The monoisotopic (exact) mass is 414 g/mol. The van der Waals surface area contributed by atoms with Gasteiger partial charge in [0, 0.05) is 22.0 Å². The van der Waals surface area contributed by atoms with Crippen LogP contribution < -0.4 is 15.4 Å². The van der Waals surface area contributed by atoms with Gasteiger partial charge in [-0.3, -0.25) is 9.59 Å². The molecule has 0 bridgehead atoms. The van der Waals surface area contributed by atoms with Crippen molar-refractivity contribution in [3.63, 3.8) is 0 Å². The zero-order valence-electron chi connectivity index (χ0n) is 14.6. The Hall–Kier alpha value is -3.02. The number of benzene rings is 3. The number of rotatable bonds is 6. The molecule has 0 unspecified atom stereocenters. The molecule has 28 heavy (non-hydrogen) atoms. The highest BCUT2D eigenvalue weighted by Crippen LogP contribution is 2.27. The Labute approximate surface area is 172 Å². The lowest BCUT2D eigenvalue weighted by atomic mass is 10.2. The molecule has 3 aromatic rings. The molecule has 0 saturated heterocycles. The molecule has 0 aromatic heterocycles. The van der Waals surface area contributed by atoms with Crippen LogP contribution in [0.5, 0.6) is 5.75 Å². The summed E-state index contributed by atoms with van der Waals surface area (Å²) in [6.45, 7) is -0.211. The van der Waals surface area contributed by atoms with E-state index in [0.29, 0.717) is 32.7 Å². The molecule has 5 nitrogen and oxygen atoms in total. The summed E-state index contributed by atoms with van der Waals surface area (Å²) >= 11 is 11.8. The van der Waals surface area contributed by atoms with Crippen LogP contribution in [0, 0.1) is 0 Å². The lowest BCUT2D eigenvalue weighted by Crippen LogP contribution is -2.20. The van der Waals surface area contributed by atoms with Crippen molar-refractivity contribution in [2.24, 2.45) is 0 Å². The molecule has 0 heterocycles. The zero-order chi connectivity index (χ0) is 19.9. The first kappa shape index (κ1) is 19.7. The molecule has 3 rings (SSSR count). The predicted octanol–water partition coefficient (Wildman–Crippen LogP) is 5.26. The molecular formula is C21H16Cl2N2O3. The van der Waals surface area contributed by atoms with Crippen LogP contribution in [0.15, 0.2) is 72.8 Å². The Balaban J connectivity index is 1.53. The fourth-order valence-electron chi connectivity index (χ4n) is 2.36. The maximum atomic E-state index is 12.2. The lowest BCUT2D eigenvalue weighted by Gasteiger charge is -2.10. The smallest absolute Gasteiger partial charge is 0.262 e. The average molecular weight is 415 g/mol. The molecule has 2 amide bonds. The highest BCUT2D eigenvalue weighted by molar-refractivity contribution is 6.35. The maximum absolute atomic E-state index is 12.2. The minimum atomic E-state index is -0.354. The largest absolute Gasteiger partial charge is 0.482 e. The van der Waals surface area contributed by atoms with Crippen molar-refractivity contribution in [3.05, 3.63) is 88.4 Å². The molecule has 0 spiro atoms. The van der Waals surface area contributed by atoms with Gasteiger partial charge in [0.2, 0.25) is 0 Å². The van der Waals surface area contributed by atoms with Crippen molar-refractivity contribution < 1.29 is 14.3 Å². The number of para-hydroxylation sites is 1. The third-order valence-electron chi connectivity index (χ3n) is 3.72. The summed E-state index contributed by atoms with van der Waals surface area (Å²) in [4.78, 5) is 24.3. The van der Waals surface area contributed by atoms with E-state index in [1.54, 1.807) is 48.5 Å². The predicted molar refractivity (Wildman–Crippen MR) is 111 cm³/mol. The van der Waals surface area contributed by atoms with Gasteiger partial charge in [-0.25, -0.2) is 0 Å². The van der Waals surface area contributed by atoms with Crippen molar-refractivity contribution in [1.29, 1.82) is 0 Å². The molecule has 0 aliphatic rings. The summed E-state index contributed by atoms with van der Waals surface area (Å²) in [6.07, 6.45) is 0. The number of amides is 2. The molecule has 0 radical (unpaired) electrons. The standard InChI is InChI=1S/C21H16Cl2N2O3/c22-15-8-11-19(18(23)12-15)28-13-20(26)24-17-9-6-14(7-10-17)21(27)25-16-4-2-1-3-5-16/h1-12H,13H2,(H,24,26)(H,25,27). The summed E-state index contributed by atoms with van der Waals surface area (Å²) in [6, 6.07) is 20.5. The average Bonchev–Trinajstić information content (AvgIpc) is 2.68. The molecule has 0 aliphatic heterocycles. The molecule has 0 aliphatic carbocycles. The fraction of sp³-hybridized carbons (Fsp3) is 0.0476. The van der Waals surface area contributed by atoms with Gasteiger partial charge in [0.15, 0.2) is 6.61 Å². The number of carbonyl (C=O) groups is 2. The first-order valence-electron chi connectivity index (χ1n) is 8.35. The van der Waals surface area contributed by atoms with E-state index in [9.17, 15) is 9.59 Å². The summed E-state index contributed by atoms with van der Waals surface area (Å²) in [7, 11) is 0. The number of hydrogen-bond acceptors (Lipinski definition) is 3. The molecular weight excluding hydrogens is 399 g/mol. The van der Waals surface area contributed by atoms with Gasteiger partial charge >= 0.3 is 0 Å². The molecule has 0 fully saturated rings. The fourth-order valence-corrected chi connectivity index (χ4v) is 2.83. The van der Waals surface area contributed by atoms with Crippen molar-refractivity contribution in [3.8, 4) is 5.75 Å². The zero-order valence-corrected chi connectivity index (χ0v) is 16.1. The van der Waals surface area contributed by atoms with Crippen LogP contribution in [0.25, 0.3) is 0 Å². The van der Waals surface area contributed by atoms with E-state index in [4.69, 9.17) is 27.9 Å². The molecule has 2 N–H and O–H groups in total. The summed E-state index contributed by atoms with van der Waals surface area (Å²) < 4.78 is 5.39. The third kappa shape index (κ3) is 5.49. The van der Waals surface area contributed by atoms with Crippen LogP contribution >= 0.6 is 23.2 Å². The number of carbonyl (C=O) groups excluding carboxylic acids is 2. The molecule has 0 atom stereocenters. The topological polar surface area (TPSA) is 67.4 Å². The summed E-state index contributed by atoms with van der Waals surface area (Å²) in [5.74, 6) is -0.216. The normalized spacial score (nSPS) is 10.2. The maximum Gasteiger partial charge on any atom is 0.262 e.